The average Bonchev–Trinajstić information content (AvgIpc) is 3.61. The summed E-state index contributed by atoms with van der Waals surface area (Å²) in [6, 6.07) is 8.78. The molecule has 15 heteroatoms. The molecule has 0 amide bonds. The van der Waals surface area contributed by atoms with Crippen molar-refractivity contribution in [1.29, 1.82) is 0 Å². The fourth-order valence-corrected chi connectivity index (χ4v) is 5.61. The molecule has 1 saturated heterocycles. The number of fused-ring (bicyclic) bond motifs is 1. The lowest BCUT2D eigenvalue weighted by atomic mass is 10.0. The minimum Gasteiger partial charge on any atom is -0.470 e. The number of esters is 1. The van der Waals surface area contributed by atoms with Gasteiger partial charge in [-0.15, -0.1) is 11.3 Å². The van der Waals surface area contributed by atoms with Crippen LogP contribution in [0, 0.1) is 17.5 Å². The van der Waals surface area contributed by atoms with Gasteiger partial charge < -0.3 is 18.8 Å². The van der Waals surface area contributed by atoms with Crippen molar-refractivity contribution in [3.8, 4) is 17.1 Å². The second-order valence-corrected chi connectivity index (χ2v) is 11.4. The van der Waals surface area contributed by atoms with Crippen molar-refractivity contribution in [2.75, 3.05) is 13.2 Å². The first-order chi connectivity index (χ1) is 22.0. The molecule has 1 aliphatic heterocycles. The summed E-state index contributed by atoms with van der Waals surface area (Å²) < 4.78 is 102. The Bertz CT molecular complexity index is 1920. The highest BCUT2D eigenvalue weighted by Gasteiger charge is 2.33. The van der Waals surface area contributed by atoms with Gasteiger partial charge in [0, 0.05) is 24.7 Å². The first-order valence-corrected chi connectivity index (χ1v) is 14.9. The maximum atomic E-state index is 15.5. The number of rotatable bonds is 10. The molecule has 8 nitrogen and oxygen atoms in total. The molecule has 0 aliphatic carbocycles. The van der Waals surface area contributed by atoms with Crippen LogP contribution >= 0.6 is 11.3 Å². The summed E-state index contributed by atoms with van der Waals surface area (Å²) in [4.78, 5) is 23.7. The summed E-state index contributed by atoms with van der Waals surface area (Å²) in [5.41, 5.74) is 0.0371. The maximum absolute atomic E-state index is 15.5. The number of ether oxygens (including phenoxy) is 3. The van der Waals surface area contributed by atoms with Crippen LogP contribution in [0.2, 0.25) is 0 Å². The van der Waals surface area contributed by atoms with E-state index in [4.69, 9.17) is 14.2 Å². The Morgan fingerprint density at radius 3 is 2.59 bits per heavy atom. The summed E-state index contributed by atoms with van der Waals surface area (Å²) in [5.74, 6) is -2.85. The fourth-order valence-electron chi connectivity index (χ4n) is 4.91. The molecule has 1 aliphatic rings. The Kier molecular flexibility index (Phi) is 8.70. The maximum Gasteiger partial charge on any atom is 0.427 e. The zero-order valence-corrected chi connectivity index (χ0v) is 24.9. The van der Waals surface area contributed by atoms with Gasteiger partial charge in [0.1, 0.15) is 39.5 Å². The third-order valence-electron chi connectivity index (χ3n) is 7.24. The first kappa shape index (κ1) is 31.5. The largest absolute Gasteiger partial charge is 0.470 e. The van der Waals surface area contributed by atoms with Crippen molar-refractivity contribution in [1.82, 2.24) is 19.5 Å². The van der Waals surface area contributed by atoms with Gasteiger partial charge in [-0.2, -0.15) is 13.2 Å². The molecule has 240 valence electrons. The number of hydrogen-bond acceptors (Lipinski definition) is 8. The van der Waals surface area contributed by atoms with Gasteiger partial charge in [0.2, 0.25) is 5.88 Å². The number of benzene rings is 2. The van der Waals surface area contributed by atoms with E-state index in [1.165, 1.54) is 24.3 Å². The number of hydrogen-bond donors (Lipinski definition) is 0. The number of halogens is 6. The molecule has 1 atom stereocenters. The molecule has 0 radical (unpaired) electrons. The van der Waals surface area contributed by atoms with E-state index in [0.29, 0.717) is 29.7 Å². The lowest BCUT2D eigenvalue weighted by Gasteiger charge is -2.27. The average molecular weight is 663 g/mol. The van der Waals surface area contributed by atoms with Crippen LogP contribution in [0.3, 0.4) is 0 Å². The van der Waals surface area contributed by atoms with E-state index in [0.717, 1.165) is 24.6 Å². The number of carbonyl (C=O) groups excluding carboxylic acids is 1. The van der Waals surface area contributed by atoms with E-state index < -0.39 is 34.5 Å². The van der Waals surface area contributed by atoms with Gasteiger partial charge in [0.05, 0.1) is 42.2 Å². The summed E-state index contributed by atoms with van der Waals surface area (Å²) in [7, 11) is 0. The smallest absolute Gasteiger partial charge is 0.427 e. The molecule has 6 rings (SSSR count). The molecule has 1 fully saturated rings. The first-order valence-electron chi connectivity index (χ1n) is 14.1. The van der Waals surface area contributed by atoms with E-state index in [2.05, 4.69) is 15.0 Å². The summed E-state index contributed by atoms with van der Waals surface area (Å²) in [5, 5.41) is 0.0630. The molecule has 4 heterocycles. The normalized spacial score (nSPS) is 14.8. The summed E-state index contributed by atoms with van der Waals surface area (Å²) >= 11 is 0.427. The number of thiazole rings is 1. The quantitative estimate of drug-likeness (QED) is 0.116. The zero-order valence-electron chi connectivity index (χ0n) is 24.0. The lowest BCUT2D eigenvalue weighted by molar-refractivity contribution is -0.134. The highest BCUT2D eigenvalue weighted by Crippen LogP contribution is 2.34. The number of aromatic nitrogens is 4. The molecule has 1 unspecified atom stereocenters. The van der Waals surface area contributed by atoms with Gasteiger partial charge in [-0.3, -0.25) is 0 Å². The highest BCUT2D eigenvalue weighted by molar-refractivity contribution is 7.11. The Balaban J connectivity index is 1.27. The Hall–Kier alpha value is -4.50. The summed E-state index contributed by atoms with van der Waals surface area (Å²) in [6.07, 6.45) is -3.48. The second kappa shape index (κ2) is 12.7. The number of nitrogens with zero attached hydrogens (tertiary/aromatic N) is 4. The van der Waals surface area contributed by atoms with Crippen LogP contribution in [0.25, 0.3) is 22.3 Å². The van der Waals surface area contributed by atoms with Crippen molar-refractivity contribution >= 4 is 28.3 Å². The van der Waals surface area contributed by atoms with Crippen LogP contribution in [0.5, 0.6) is 5.88 Å². The van der Waals surface area contributed by atoms with E-state index in [1.54, 1.807) is 11.5 Å². The minimum absolute atomic E-state index is 0.00734. The Morgan fingerprint density at radius 1 is 1.09 bits per heavy atom. The predicted molar refractivity (Wildman–Crippen MR) is 154 cm³/mol. The monoisotopic (exact) mass is 662 g/mol. The molecule has 2 aromatic carbocycles. The Labute approximate surface area is 261 Å². The van der Waals surface area contributed by atoms with Gasteiger partial charge in [-0.1, -0.05) is 6.07 Å². The van der Waals surface area contributed by atoms with Crippen molar-refractivity contribution in [2.24, 2.45) is 0 Å². The van der Waals surface area contributed by atoms with Crippen molar-refractivity contribution in [2.45, 2.75) is 45.2 Å². The topological polar surface area (TPSA) is 88.4 Å². The molecular weight excluding hydrogens is 638 g/mol. The molecule has 0 spiro atoms. The standard InChI is InChI=1S/C31H24F6N4O4S/c1-2-43-30(42)17-9-22(34)29-24(10-17)41(14-18-6-7-44-18)26(40-29)11-16-8-21(33)19(12-20(16)32)23-4-3-5-27(39-23)45-15-28-38-13-25(46-28)31(35,36)37/h3-5,8-10,12-13,18H,2,6-7,11,14-15H2,1H3. The van der Waals surface area contributed by atoms with Gasteiger partial charge in [0.15, 0.2) is 5.82 Å². The molecule has 46 heavy (non-hydrogen) atoms. The SMILES string of the molecule is CCOC(=O)c1cc(F)c2nc(Cc3cc(F)c(-c4cccc(OCc5ncc(C(F)(F)F)s5)n4)cc3F)n(CC3CCO3)c2c1. The number of imidazole rings is 1. The molecule has 0 bridgehead atoms. The molecule has 3 aromatic heterocycles. The van der Waals surface area contributed by atoms with Crippen LogP contribution in [0.1, 0.15) is 45.0 Å². The van der Waals surface area contributed by atoms with Gasteiger partial charge in [-0.05, 0) is 49.2 Å². The predicted octanol–water partition coefficient (Wildman–Crippen LogP) is 7.13. The number of alkyl halides is 3. The zero-order chi connectivity index (χ0) is 32.6. The van der Waals surface area contributed by atoms with E-state index in [1.807, 2.05) is 0 Å². The minimum atomic E-state index is -4.52. The summed E-state index contributed by atoms with van der Waals surface area (Å²) in [6.45, 7) is 2.24. The van der Waals surface area contributed by atoms with Crippen LogP contribution in [0.4, 0.5) is 26.3 Å². The van der Waals surface area contributed by atoms with Crippen LogP contribution in [0.15, 0.2) is 48.7 Å². The molecule has 5 aromatic rings. The van der Waals surface area contributed by atoms with E-state index >= 15 is 13.2 Å². The van der Waals surface area contributed by atoms with Gasteiger partial charge >= 0.3 is 12.1 Å². The Morgan fingerprint density at radius 2 is 1.89 bits per heavy atom. The van der Waals surface area contributed by atoms with Gasteiger partial charge in [0.25, 0.3) is 0 Å². The lowest BCUT2D eigenvalue weighted by Crippen LogP contribution is -2.31. The third-order valence-corrected chi connectivity index (χ3v) is 8.25. The van der Waals surface area contributed by atoms with Crippen LogP contribution in [-0.4, -0.2) is 44.8 Å². The fraction of sp³-hybridized carbons (Fsp3) is 0.290. The van der Waals surface area contributed by atoms with Crippen LogP contribution < -0.4 is 4.74 Å². The highest BCUT2D eigenvalue weighted by atomic mass is 32.1. The number of carbonyl (C=O) groups is 1. The molecule has 0 saturated carbocycles. The third kappa shape index (κ3) is 6.56. The number of pyridine rings is 1. The van der Waals surface area contributed by atoms with Crippen LogP contribution in [-0.2, 0) is 35.2 Å². The van der Waals surface area contributed by atoms with Gasteiger partial charge in [-0.25, -0.2) is 32.9 Å². The molecular formula is C31H24F6N4O4S. The second-order valence-electron chi connectivity index (χ2n) is 10.3. The van der Waals surface area contributed by atoms with Crippen molar-refractivity contribution in [3.05, 3.63) is 92.9 Å². The van der Waals surface area contributed by atoms with E-state index in [9.17, 15) is 18.0 Å². The van der Waals surface area contributed by atoms with E-state index in [-0.39, 0.29) is 76.9 Å². The van der Waals surface area contributed by atoms with Crippen molar-refractivity contribution < 1.29 is 45.3 Å². The molecule has 0 N–H and O–H groups in total. The van der Waals surface area contributed by atoms with Crippen molar-refractivity contribution in [3.63, 3.8) is 0 Å².